The van der Waals surface area contributed by atoms with Crippen LogP contribution in [0.3, 0.4) is 0 Å². The molecule has 3 rings (SSSR count). The Morgan fingerprint density at radius 3 is 2.37 bits per heavy atom. The number of carbonyl (C=O) groups excluding carboxylic acids is 1. The Balaban J connectivity index is 1.84. The fourth-order valence-electron chi connectivity index (χ4n) is 3.15. The standard InChI is InChI=1S/C22H27N3O5/c1-27-18-12-16(13-19(28-2)20(18)29-3)24-22(23-14-17-10-7-11-30-17)25-21(26)15-8-5-4-6-9-15/h4-6,8-9,12-13,17H,7,10-11,14H2,1-3H3,(H2,23,24,25,26)/t17-/m0/s1. The molecule has 1 heterocycles. The topological polar surface area (TPSA) is 90.4 Å². The summed E-state index contributed by atoms with van der Waals surface area (Å²) in [5.41, 5.74) is 1.16. The van der Waals surface area contributed by atoms with Gasteiger partial charge in [-0.05, 0) is 25.0 Å². The first-order chi connectivity index (χ1) is 14.6. The second-order valence-corrected chi connectivity index (χ2v) is 6.68. The van der Waals surface area contributed by atoms with E-state index in [0.29, 0.717) is 41.0 Å². The molecule has 1 amide bonds. The molecule has 1 aliphatic heterocycles. The average molecular weight is 413 g/mol. The third-order valence-corrected chi connectivity index (χ3v) is 4.67. The van der Waals surface area contributed by atoms with E-state index in [1.54, 1.807) is 45.6 Å². The minimum absolute atomic E-state index is 0.0513. The molecule has 1 fully saturated rings. The fourth-order valence-corrected chi connectivity index (χ4v) is 3.15. The highest BCUT2D eigenvalue weighted by Crippen LogP contribution is 2.39. The second kappa shape index (κ2) is 10.5. The lowest BCUT2D eigenvalue weighted by atomic mass is 10.2. The molecule has 0 spiro atoms. The van der Waals surface area contributed by atoms with Crippen molar-refractivity contribution < 1.29 is 23.7 Å². The number of aliphatic imine (C=N–C) groups is 1. The first-order valence-electron chi connectivity index (χ1n) is 9.74. The van der Waals surface area contributed by atoms with Gasteiger partial charge in [0.1, 0.15) is 0 Å². The predicted molar refractivity (Wildman–Crippen MR) is 115 cm³/mol. The summed E-state index contributed by atoms with van der Waals surface area (Å²) in [6.45, 7) is 1.19. The van der Waals surface area contributed by atoms with E-state index in [1.165, 1.54) is 0 Å². The van der Waals surface area contributed by atoms with Crippen molar-refractivity contribution in [3.05, 3.63) is 48.0 Å². The number of hydrogen-bond acceptors (Lipinski definition) is 6. The molecule has 0 bridgehead atoms. The third kappa shape index (κ3) is 5.42. The zero-order valence-corrected chi connectivity index (χ0v) is 17.4. The van der Waals surface area contributed by atoms with Crippen LogP contribution in [-0.2, 0) is 4.74 Å². The Morgan fingerprint density at radius 2 is 1.80 bits per heavy atom. The van der Waals surface area contributed by atoms with Gasteiger partial charge in [0.05, 0.1) is 34.0 Å². The molecule has 0 saturated carbocycles. The molecule has 160 valence electrons. The van der Waals surface area contributed by atoms with Crippen LogP contribution in [-0.4, -0.2) is 52.5 Å². The highest BCUT2D eigenvalue weighted by molar-refractivity contribution is 6.10. The van der Waals surface area contributed by atoms with Crippen LogP contribution < -0.4 is 24.8 Å². The van der Waals surface area contributed by atoms with Gasteiger partial charge >= 0.3 is 0 Å². The number of ether oxygens (including phenoxy) is 4. The van der Waals surface area contributed by atoms with E-state index in [4.69, 9.17) is 18.9 Å². The molecule has 8 heteroatoms. The Kier molecular flexibility index (Phi) is 7.51. The number of anilines is 1. The van der Waals surface area contributed by atoms with E-state index in [2.05, 4.69) is 15.6 Å². The van der Waals surface area contributed by atoms with Crippen LogP contribution in [0.25, 0.3) is 0 Å². The van der Waals surface area contributed by atoms with E-state index in [9.17, 15) is 4.79 Å². The molecule has 0 aromatic heterocycles. The maximum Gasteiger partial charge on any atom is 0.257 e. The van der Waals surface area contributed by atoms with Crippen molar-refractivity contribution in [3.63, 3.8) is 0 Å². The number of guanidine groups is 1. The molecule has 2 N–H and O–H groups in total. The number of benzene rings is 2. The maximum absolute atomic E-state index is 12.7. The molecule has 0 unspecified atom stereocenters. The third-order valence-electron chi connectivity index (χ3n) is 4.67. The Bertz CT molecular complexity index is 855. The summed E-state index contributed by atoms with van der Waals surface area (Å²) in [6, 6.07) is 12.5. The molecule has 1 aliphatic rings. The lowest BCUT2D eigenvalue weighted by molar-refractivity contribution is 0.0975. The van der Waals surface area contributed by atoms with E-state index < -0.39 is 0 Å². The Labute approximate surface area is 176 Å². The van der Waals surface area contributed by atoms with Crippen LogP contribution in [0.2, 0.25) is 0 Å². The number of nitrogens with zero attached hydrogens (tertiary/aromatic N) is 1. The van der Waals surface area contributed by atoms with E-state index in [1.807, 2.05) is 18.2 Å². The first-order valence-corrected chi connectivity index (χ1v) is 9.74. The van der Waals surface area contributed by atoms with E-state index in [-0.39, 0.29) is 12.0 Å². The zero-order chi connectivity index (χ0) is 21.3. The molecule has 2 aromatic rings. The second-order valence-electron chi connectivity index (χ2n) is 6.68. The van der Waals surface area contributed by atoms with Gasteiger partial charge in [-0.25, -0.2) is 4.99 Å². The molecular formula is C22H27N3O5. The Morgan fingerprint density at radius 1 is 1.10 bits per heavy atom. The van der Waals surface area contributed by atoms with Gasteiger partial charge in [-0.3, -0.25) is 10.1 Å². The largest absolute Gasteiger partial charge is 0.493 e. The number of methoxy groups -OCH3 is 3. The average Bonchev–Trinajstić information content (AvgIpc) is 3.31. The van der Waals surface area contributed by atoms with Crippen molar-refractivity contribution in [2.45, 2.75) is 18.9 Å². The summed E-state index contributed by atoms with van der Waals surface area (Å²) in [5, 5.41) is 5.99. The van der Waals surface area contributed by atoms with Crippen molar-refractivity contribution in [1.82, 2.24) is 5.32 Å². The van der Waals surface area contributed by atoms with Gasteiger partial charge in [0, 0.05) is 30.0 Å². The lowest BCUT2D eigenvalue weighted by Crippen LogP contribution is -2.36. The van der Waals surface area contributed by atoms with Gasteiger partial charge in [-0.15, -0.1) is 0 Å². The minimum Gasteiger partial charge on any atom is -0.493 e. The van der Waals surface area contributed by atoms with E-state index >= 15 is 0 Å². The minimum atomic E-state index is -0.262. The predicted octanol–water partition coefficient (Wildman–Crippen LogP) is 3.09. The molecule has 8 nitrogen and oxygen atoms in total. The molecular weight excluding hydrogens is 386 g/mol. The number of rotatable bonds is 7. The number of carbonyl (C=O) groups is 1. The van der Waals surface area contributed by atoms with Gasteiger partial charge < -0.3 is 24.3 Å². The lowest BCUT2D eigenvalue weighted by Gasteiger charge is -2.17. The zero-order valence-electron chi connectivity index (χ0n) is 17.4. The quantitative estimate of drug-likeness (QED) is 0.536. The van der Waals surface area contributed by atoms with Gasteiger partial charge in [-0.2, -0.15) is 0 Å². The highest BCUT2D eigenvalue weighted by atomic mass is 16.5. The van der Waals surface area contributed by atoms with Crippen LogP contribution in [0, 0.1) is 0 Å². The number of nitrogens with one attached hydrogen (secondary N) is 2. The summed E-state index contributed by atoms with van der Waals surface area (Å²) < 4.78 is 21.8. The summed E-state index contributed by atoms with van der Waals surface area (Å²) in [5.74, 6) is 1.52. The number of hydrogen-bond donors (Lipinski definition) is 2. The fraction of sp³-hybridized carbons (Fsp3) is 0.364. The van der Waals surface area contributed by atoms with Gasteiger partial charge in [-0.1, -0.05) is 18.2 Å². The van der Waals surface area contributed by atoms with Crippen LogP contribution >= 0.6 is 0 Å². The molecule has 30 heavy (non-hydrogen) atoms. The summed E-state index contributed by atoms with van der Waals surface area (Å²) in [4.78, 5) is 17.2. The first kappa shape index (κ1) is 21.4. The molecule has 1 saturated heterocycles. The van der Waals surface area contributed by atoms with Crippen molar-refractivity contribution in [3.8, 4) is 17.2 Å². The van der Waals surface area contributed by atoms with Crippen molar-refractivity contribution >= 4 is 17.6 Å². The summed E-state index contributed by atoms with van der Waals surface area (Å²) in [6.07, 6.45) is 2.02. The molecule has 2 aromatic carbocycles. The maximum atomic E-state index is 12.7. The van der Waals surface area contributed by atoms with Crippen LogP contribution in [0.15, 0.2) is 47.5 Å². The molecule has 1 atom stereocenters. The smallest absolute Gasteiger partial charge is 0.257 e. The van der Waals surface area contributed by atoms with Crippen molar-refractivity contribution in [1.29, 1.82) is 0 Å². The normalized spacial score (nSPS) is 16.1. The monoisotopic (exact) mass is 413 g/mol. The SMILES string of the molecule is COc1cc(NC(=NC[C@@H]2CCCO2)NC(=O)c2ccccc2)cc(OC)c1OC. The van der Waals surface area contributed by atoms with Crippen molar-refractivity contribution in [2.75, 3.05) is 39.8 Å². The summed E-state index contributed by atoms with van der Waals surface area (Å²) >= 11 is 0. The summed E-state index contributed by atoms with van der Waals surface area (Å²) in [7, 11) is 4.64. The van der Waals surface area contributed by atoms with Gasteiger partial charge in [0.15, 0.2) is 11.5 Å². The number of amides is 1. The van der Waals surface area contributed by atoms with Crippen LogP contribution in [0.1, 0.15) is 23.2 Å². The van der Waals surface area contributed by atoms with Crippen LogP contribution in [0.5, 0.6) is 17.2 Å². The van der Waals surface area contributed by atoms with Gasteiger partial charge in [0.25, 0.3) is 5.91 Å². The Hall–Kier alpha value is -3.26. The van der Waals surface area contributed by atoms with Crippen LogP contribution in [0.4, 0.5) is 5.69 Å². The van der Waals surface area contributed by atoms with E-state index in [0.717, 1.165) is 19.4 Å². The van der Waals surface area contributed by atoms with Gasteiger partial charge in [0.2, 0.25) is 11.7 Å². The highest BCUT2D eigenvalue weighted by Gasteiger charge is 2.18. The molecule has 0 aliphatic carbocycles. The molecule has 0 radical (unpaired) electrons. The van der Waals surface area contributed by atoms with Crippen molar-refractivity contribution in [2.24, 2.45) is 4.99 Å².